The number of aliphatic imine (C=N–C) groups is 1. The summed E-state index contributed by atoms with van der Waals surface area (Å²) in [6.45, 7) is 14.0. The van der Waals surface area contributed by atoms with Gasteiger partial charge < -0.3 is 62.7 Å². The van der Waals surface area contributed by atoms with Gasteiger partial charge in [0.2, 0.25) is 35.4 Å². The number of phenols is 1. The van der Waals surface area contributed by atoms with Crippen LogP contribution in [-0.2, 0) is 51.2 Å². The first-order valence-corrected chi connectivity index (χ1v) is 37.3. The fourth-order valence-electron chi connectivity index (χ4n) is 12.2. The molecule has 7 atom stereocenters. The van der Waals surface area contributed by atoms with Crippen LogP contribution in [0.15, 0.2) is 134 Å². The Morgan fingerprint density at radius 1 is 0.695 bits per heavy atom. The van der Waals surface area contributed by atoms with Crippen LogP contribution in [0, 0.1) is 6.92 Å². The number of aryl methyl sites for hydroxylation is 1. The number of rotatable bonds is 17. The molecule has 0 radical (unpaired) electrons. The molecule has 0 saturated carbocycles. The largest absolute Gasteiger partial charge is 0.508 e. The van der Waals surface area contributed by atoms with E-state index >= 15 is 4.79 Å². The van der Waals surface area contributed by atoms with Gasteiger partial charge in [-0.3, -0.25) is 57.7 Å². The number of aromatic hydroxyl groups is 1. The Bertz CT molecular complexity index is 4890. The monoisotopic (exact) mass is 1510 g/mol. The van der Waals surface area contributed by atoms with E-state index in [9.17, 15) is 53.1 Å². The molecular formula is C70H67N17O13S5. The molecule has 10 bridgehead atoms. The van der Waals surface area contributed by atoms with Gasteiger partial charge in [0.25, 0.3) is 29.5 Å². The Morgan fingerprint density at radius 2 is 1.38 bits per heavy atom. The molecule has 30 nitrogen and oxygen atoms in total. The zero-order valence-electron chi connectivity index (χ0n) is 56.2. The maximum atomic E-state index is 15.1. The lowest BCUT2D eigenvalue weighted by Crippen LogP contribution is -2.53. The fourth-order valence-corrected chi connectivity index (χ4v) is 16.7. The Hall–Kier alpha value is -11.3. The summed E-state index contributed by atoms with van der Waals surface area (Å²) in [4.78, 5) is 186. The van der Waals surface area contributed by atoms with E-state index in [0.717, 1.165) is 28.2 Å². The molecule has 0 unspecified atom stereocenters. The lowest BCUT2D eigenvalue weighted by molar-refractivity contribution is -0.140. The first-order valence-electron chi connectivity index (χ1n) is 32.8. The average Bonchev–Trinajstić information content (AvgIpc) is 1.60. The van der Waals surface area contributed by atoms with E-state index in [1.165, 1.54) is 69.2 Å². The number of nitrogens with two attached hydrogens (primary N) is 2. The number of fused-ring (bicyclic) bond motifs is 15. The standard InChI is InChI=1S/C70H67N17O13S5/c1-32(56(72)91)73-57(92)34(3)75-62(97)50-13-9-21-86(50)69(98)35(4)76-58(93)33(2)74-59(94)46-29-103-65(82-46)42-20-19-41-55(77-42)45-27-102-67(80-45)49-31-105-68(84-49)51-14-10-22-87(51)70(99)44(24-38-15-17-40(88)18-16-38)79-61(96)48-30-104-66(83-48)43(23-37-11-7-6-8-12-37)78-60(95)47-28-101-64(81-47)39(26-53(71)90)25-52(89)54-36(5)100-63(41)85-54/h6-8,11-12,15-20,27-29,31,35,39,43-44,48,50-51,88H,1-3,9-10,13-14,21-26,30H2,4-5H3,(H2,71,90)(H2,72,91)(H,73,92)(H,74,94)(H,75,97)(H,76,93)(H,78,95)(H,79,96)/t35-,39+,43+,44+,48+,50-,51+/m1/s1. The molecule has 6 aromatic heterocycles. The normalized spacial score (nSPS) is 19.2. The summed E-state index contributed by atoms with van der Waals surface area (Å²) in [6, 6.07) is 13.5. The van der Waals surface area contributed by atoms with Crippen molar-refractivity contribution in [2.75, 3.05) is 18.8 Å². The molecule has 2 fully saturated rings. The molecule has 0 spiro atoms. The van der Waals surface area contributed by atoms with Crippen molar-refractivity contribution in [2.45, 2.75) is 107 Å². The lowest BCUT2D eigenvalue weighted by atomic mass is 9.97. The van der Waals surface area contributed by atoms with E-state index in [4.69, 9.17) is 40.8 Å². The lowest BCUT2D eigenvalue weighted by Gasteiger charge is -2.29. The number of carbonyl (C=O) groups excluding carboxylic acids is 11. The Morgan fingerprint density at radius 3 is 2.14 bits per heavy atom. The van der Waals surface area contributed by atoms with Crippen LogP contribution >= 0.6 is 57.1 Å². The minimum absolute atomic E-state index is 0.00597. The highest BCUT2D eigenvalue weighted by atomic mass is 32.2. The van der Waals surface area contributed by atoms with Crippen molar-refractivity contribution in [3.05, 3.63) is 169 Å². The smallest absolute Gasteiger partial charge is 0.275 e. The number of carbonyl (C=O) groups is 11. The second-order valence-electron chi connectivity index (χ2n) is 24.9. The second-order valence-corrected chi connectivity index (χ2v) is 29.5. The Kier molecular flexibility index (Phi) is 22.2. The molecule has 35 heteroatoms. The molecule has 11 N–H and O–H groups in total. The van der Waals surface area contributed by atoms with E-state index in [0.29, 0.717) is 57.8 Å². The second kappa shape index (κ2) is 31.8. The molecule has 0 aliphatic carbocycles. The van der Waals surface area contributed by atoms with Gasteiger partial charge in [0.1, 0.15) is 84.9 Å². The van der Waals surface area contributed by atoms with Crippen LogP contribution in [0.4, 0.5) is 0 Å². The number of benzene rings is 2. The van der Waals surface area contributed by atoms with Crippen molar-refractivity contribution < 1.29 is 62.3 Å². The van der Waals surface area contributed by atoms with Crippen LogP contribution in [0.2, 0.25) is 0 Å². The minimum atomic E-state index is -1.23. The number of Topliss-reactive ketones (excluding diaryl/α,β-unsaturated/α-hetero) is 1. The quantitative estimate of drug-likeness (QED) is 0.0504. The SMILES string of the molecule is C=C(NC(=O)C(=C)NC(=O)[C@H]1CCCN1C(=O)[C@@H](C)NC(=O)C(=C)NC(=O)c1csc(-c2ccc3c(n2)-c2csc(n2)-c2csc(n2)[C@@H]2CCCN2C(=O)[C@H](Cc2ccc(O)cc2)NC(=O)[C@@H]2CSC(=N2)[C@H](Cc2ccccc2)NC(=O)c2csc(n2)[C@H](CC(N)=O)CC(=O)c2nc-3oc2C)n1)C(N)=O. The molecule has 10 amide bonds. The average molecular weight is 1510 g/mol. The minimum Gasteiger partial charge on any atom is -0.508 e. The van der Waals surface area contributed by atoms with E-state index < -0.39 is 118 Å². The maximum Gasteiger partial charge on any atom is 0.275 e. The molecule has 2 aromatic carbocycles. The molecule has 4 aliphatic rings. The third-order valence-electron chi connectivity index (χ3n) is 17.5. The van der Waals surface area contributed by atoms with E-state index in [-0.39, 0.29) is 112 Å². The number of oxazole rings is 1. The third-order valence-corrected chi connectivity index (χ3v) is 22.3. The van der Waals surface area contributed by atoms with Crippen LogP contribution in [-0.4, -0.2) is 164 Å². The molecule has 540 valence electrons. The number of nitrogens with one attached hydrogen (secondary N) is 6. The van der Waals surface area contributed by atoms with Gasteiger partial charge in [0.15, 0.2) is 5.78 Å². The summed E-state index contributed by atoms with van der Waals surface area (Å²) in [5, 5.41) is 34.2. The van der Waals surface area contributed by atoms with Gasteiger partial charge in [-0.1, -0.05) is 62.2 Å². The predicted octanol–water partition coefficient (Wildman–Crippen LogP) is 5.55. The van der Waals surface area contributed by atoms with Gasteiger partial charge >= 0.3 is 0 Å². The highest BCUT2D eigenvalue weighted by Crippen LogP contribution is 2.41. The molecule has 2 saturated heterocycles. The highest BCUT2D eigenvalue weighted by molar-refractivity contribution is 8.14. The first-order chi connectivity index (χ1) is 50.3. The Labute approximate surface area is 618 Å². The van der Waals surface area contributed by atoms with Gasteiger partial charge in [0.05, 0.1) is 50.5 Å². The van der Waals surface area contributed by atoms with Crippen LogP contribution < -0.4 is 43.4 Å². The number of likely N-dealkylation sites (tertiary alicyclic amines) is 1. The van der Waals surface area contributed by atoms with Gasteiger partial charge in [-0.25, -0.2) is 29.9 Å². The summed E-state index contributed by atoms with van der Waals surface area (Å²) in [6.07, 6.45) is 1.56. The van der Waals surface area contributed by atoms with Crippen LogP contribution in [0.1, 0.15) is 116 Å². The number of nitrogens with zero attached hydrogens (tertiary/aromatic N) is 9. The molecule has 10 heterocycles. The van der Waals surface area contributed by atoms with Crippen LogP contribution in [0.5, 0.6) is 5.75 Å². The molecule has 105 heavy (non-hydrogen) atoms. The van der Waals surface area contributed by atoms with Crippen molar-refractivity contribution in [2.24, 2.45) is 16.5 Å². The zero-order chi connectivity index (χ0) is 74.5. The van der Waals surface area contributed by atoms with Gasteiger partial charge in [-0.05, 0) is 81.3 Å². The van der Waals surface area contributed by atoms with Crippen molar-refractivity contribution in [1.82, 2.24) is 71.6 Å². The van der Waals surface area contributed by atoms with E-state index in [2.05, 4.69) is 61.6 Å². The van der Waals surface area contributed by atoms with Crippen LogP contribution in [0.25, 0.3) is 44.2 Å². The van der Waals surface area contributed by atoms with Gasteiger partial charge in [-0.2, -0.15) is 0 Å². The third kappa shape index (κ3) is 16.9. The van der Waals surface area contributed by atoms with Crippen molar-refractivity contribution in [3.8, 4) is 50.0 Å². The topological polar surface area (TPSA) is 442 Å². The number of aromatic nitrogens is 6. The Balaban J connectivity index is 0.826. The number of thiazole rings is 4. The number of phenolic OH excluding ortho intramolecular Hbond substituents is 1. The van der Waals surface area contributed by atoms with Crippen molar-refractivity contribution in [3.63, 3.8) is 0 Å². The van der Waals surface area contributed by atoms with Crippen molar-refractivity contribution >= 4 is 127 Å². The highest BCUT2D eigenvalue weighted by Gasteiger charge is 2.41. The summed E-state index contributed by atoms with van der Waals surface area (Å²) >= 11 is 6.00. The number of amides is 10. The molecule has 12 rings (SSSR count). The van der Waals surface area contributed by atoms with Gasteiger partial charge in [0, 0.05) is 65.5 Å². The van der Waals surface area contributed by atoms with Crippen molar-refractivity contribution in [1.29, 1.82) is 0 Å². The number of primary amides is 2. The van der Waals surface area contributed by atoms with E-state index in [1.54, 1.807) is 41.5 Å². The first kappa shape index (κ1) is 73.5. The van der Waals surface area contributed by atoms with E-state index in [1.807, 2.05) is 35.7 Å². The molecule has 8 aromatic rings. The zero-order valence-corrected chi connectivity index (χ0v) is 60.3. The van der Waals surface area contributed by atoms with Crippen LogP contribution in [0.3, 0.4) is 0 Å². The number of hydrogen-bond acceptors (Lipinski definition) is 25. The summed E-state index contributed by atoms with van der Waals surface area (Å²) in [5.74, 6) is -8.42. The number of hydrogen-bond donors (Lipinski definition) is 9. The number of thioether (sulfide) groups is 1. The molecule has 4 aliphatic heterocycles. The predicted molar refractivity (Wildman–Crippen MR) is 391 cm³/mol. The fraction of sp³-hybridized carbons (Fsp3) is 0.286. The number of pyridine rings is 1. The van der Waals surface area contributed by atoms with Gasteiger partial charge in [-0.15, -0.1) is 57.1 Å². The summed E-state index contributed by atoms with van der Waals surface area (Å²) in [5.41, 5.74) is 12.4. The maximum absolute atomic E-state index is 15.1. The summed E-state index contributed by atoms with van der Waals surface area (Å²) < 4.78 is 6.30. The molecular weight excluding hydrogens is 1450 g/mol. The summed E-state index contributed by atoms with van der Waals surface area (Å²) in [7, 11) is 0. The number of ketones is 1.